The van der Waals surface area contributed by atoms with Crippen molar-refractivity contribution >= 4 is 5.91 Å². The third-order valence-corrected chi connectivity index (χ3v) is 2.52. The minimum Gasteiger partial charge on any atom is -0.358 e. The number of nitrogens with one attached hydrogen (secondary N) is 2. The molecule has 0 radical (unpaired) electrons. The van der Waals surface area contributed by atoms with Crippen LogP contribution in [-0.2, 0) is 4.79 Å². The van der Waals surface area contributed by atoms with Gasteiger partial charge in [0.25, 0.3) is 0 Å². The van der Waals surface area contributed by atoms with Crippen molar-refractivity contribution in [1.82, 2.24) is 10.6 Å². The predicted molar refractivity (Wildman–Crippen MR) is 61.4 cm³/mol. The van der Waals surface area contributed by atoms with Crippen LogP contribution in [0.1, 0.15) is 25.5 Å². The average molecular weight is 242 g/mol. The standard InChI is InChI=1S/C12H16F2N2O/c1-7(16-8(2)12(17)15-3)9-4-10(13)6-11(14)5-9/h4-8,16H,1-3H3,(H,15,17). The fourth-order valence-corrected chi connectivity index (χ4v) is 1.59. The molecule has 0 aliphatic heterocycles. The van der Waals surface area contributed by atoms with Crippen LogP contribution in [0.2, 0.25) is 0 Å². The highest BCUT2D eigenvalue weighted by molar-refractivity contribution is 5.80. The Morgan fingerprint density at radius 3 is 2.18 bits per heavy atom. The summed E-state index contributed by atoms with van der Waals surface area (Å²) in [5, 5.41) is 5.45. The molecular formula is C12H16F2N2O. The maximum absolute atomic E-state index is 13.0. The number of carbonyl (C=O) groups is 1. The molecule has 1 aromatic rings. The van der Waals surface area contributed by atoms with Crippen LogP contribution in [0.25, 0.3) is 0 Å². The van der Waals surface area contributed by atoms with Gasteiger partial charge < -0.3 is 5.32 Å². The highest BCUT2D eigenvalue weighted by Gasteiger charge is 2.15. The number of halogens is 2. The molecule has 0 aromatic heterocycles. The van der Waals surface area contributed by atoms with E-state index >= 15 is 0 Å². The molecule has 0 aliphatic carbocycles. The monoisotopic (exact) mass is 242 g/mol. The zero-order chi connectivity index (χ0) is 13.0. The van der Waals surface area contributed by atoms with Gasteiger partial charge in [0.2, 0.25) is 5.91 Å². The van der Waals surface area contributed by atoms with Gasteiger partial charge in [-0.25, -0.2) is 8.78 Å². The van der Waals surface area contributed by atoms with Crippen LogP contribution in [0, 0.1) is 11.6 Å². The van der Waals surface area contributed by atoms with Crippen molar-refractivity contribution in [3.8, 4) is 0 Å². The first kappa shape index (κ1) is 13.6. The Labute approximate surface area is 99.2 Å². The SMILES string of the molecule is CNC(=O)C(C)NC(C)c1cc(F)cc(F)c1. The first-order chi connectivity index (χ1) is 7.93. The molecule has 2 atom stereocenters. The molecule has 0 saturated carbocycles. The van der Waals surface area contributed by atoms with E-state index in [0.29, 0.717) is 5.56 Å². The lowest BCUT2D eigenvalue weighted by Crippen LogP contribution is -2.41. The fraction of sp³-hybridized carbons (Fsp3) is 0.417. The van der Waals surface area contributed by atoms with Gasteiger partial charge in [-0.15, -0.1) is 0 Å². The van der Waals surface area contributed by atoms with Crippen LogP contribution < -0.4 is 10.6 Å². The van der Waals surface area contributed by atoms with E-state index in [9.17, 15) is 13.6 Å². The molecule has 1 amide bonds. The summed E-state index contributed by atoms with van der Waals surface area (Å²) in [5.41, 5.74) is 0.471. The Hall–Kier alpha value is -1.49. The molecule has 0 aliphatic rings. The summed E-state index contributed by atoms with van der Waals surface area (Å²) in [6.45, 7) is 3.43. The van der Waals surface area contributed by atoms with Crippen LogP contribution in [-0.4, -0.2) is 19.0 Å². The molecule has 2 N–H and O–H groups in total. The third-order valence-electron chi connectivity index (χ3n) is 2.52. The Balaban J connectivity index is 2.75. The molecule has 5 heteroatoms. The lowest BCUT2D eigenvalue weighted by atomic mass is 10.1. The van der Waals surface area contributed by atoms with Gasteiger partial charge in [-0.1, -0.05) is 0 Å². The molecule has 0 saturated heterocycles. The molecule has 17 heavy (non-hydrogen) atoms. The largest absolute Gasteiger partial charge is 0.358 e. The molecule has 0 spiro atoms. The van der Waals surface area contributed by atoms with Gasteiger partial charge in [0.05, 0.1) is 6.04 Å². The molecule has 94 valence electrons. The van der Waals surface area contributed by atoms with Crippen LogP contribution >= 0.6 is 0 Å². The van der Waals surface area contributed by atoms with Gasteiger partial charge in [0.15, 0.2) is 0 Å². The minimum atomic E-state index is -0.624. The first-order valence-electron chi connectivity index (χ1n) is 5.37. The third kappa shape index (κ3) is 3.78. The van der Waals surface area contributed by atoms with Gasteiger partial charge >= 0.3 is 0 Å². The lowest BCUT2D eigenvalue weighted by Gasteiger charge is -2.19. The topological polar surface area (TPSA) is 41.1 Å². The maximum atomic E-state index is 13.0. The quantitative estimate of drug-likeness (QED) is 0.844. The van der Waals surface area contributed by atoms with Crippen LogP contribution in [0.5, 0.6) is 0 Å². The van der Waals surface area contributed by atoms with E-state index in [0.717, 1.165) is 6.07 Å². The number of likely N-dealkylation sites (N-methyl/N-ethyl adjacent to an activating group) is 1. The molecule has 2 unspecified atom stereocenters. The van der Waals surface area contributed by atoms with Crippen molar-refractivity contribution in [1.29, 1.82) is 0 Å². The van der Waals surface area contributed by atoms with E-state index in [1.807, 2.05) is 0 Å². The number of rotatable bonds is 4. The molecular weight excluding hydrogens is 226 g/mol. The van der Waals surface area contributed by atoms with Gasteiger partial charge in [-0.2, -0.15) is 0 Å². The number of hydrogen-bond donors (Lipinski definition) is 2. The summed E-state index contributed by atoms with van der Waals surface area (Å²) < 4.78 is 26.0. The summed E-state index contributed by atoms with van der Waals surface area (Å²) in [6, 6.07) is 2.57. The summed E-state index contributed by atoms with van der Waals surface area (Å²) in [7, 11) is 1.53. The molecule has 0 heterocycles. The van der Waals surface area contributed by atoms with Crippen LogP contribution in [0.15, 0.2) is 18.2 Å². The zero-order valence-corrected chi connectivity index (χ0v) is 10.1. The van der Waals surface area contributed by atoms with E-state index in [4.69, 9.17) is 0 Å². The number of benzene rings is 1. The summed E-state index contributed by atoms with van der Waals surface area (Å²) in [5.74, 6) is -1.42. The first-order valence-corrected chi connectivity index (χ1v) is 5.37. The Bertz CT molecular complexity index is 389. The highest BCUT2D eigenvalue weighted by Crippen LogP contribution is 2.16. The Kier molecular flexibility index (Phi) is 4.57. The van der Waals surface area contributed by atoms with Crippen LogP contribution in [0.4, 0.5) is 8.78 Å². The van der Waals surface area contributed by atoms with Crippen molar-refractivity contribution in [3.63, 3.8) is 0 Å². The molecule has 0 bridgehead atoms. The van der Waals surface area contributed by atoms with E-state index < -0.39 is 17.7 Å². The van der Waals surface area contributed by atoms with Crippen LogP contribution in [0.3, 0.4) is 0 Å². The summed E-state index contributed by atoms with van der Waals surface area (Å²) >= 11 is 0. The fourth-order valence-electron chi connectivity index (χ4n) is 1.59. The van der Waals surface area contributed by atoms with Crippen molar-refractivity contribution in [2.24, 2.45) is 0 Å². The van der Waals surface area contributed by atoms with E-state index in [1.165, 1.54) is 19.2 Å². The van der Waals surface area contributed by atoms with E-state index in [-0.39, 0.29) is 11.9 Å². The van der Waals surface area contributed by atoms with Gasteiger partial charge in [-0.05, 0) is 31.5 Å². The van der Waals surface area contributed by atoms with Crippen molar-refractivity contribution < 1.29 is 13.6 Å². The molecule has 1 aromatic carbocycles. The second-order valence-corrected chi connectivity index (χ2v) is 3.93. The zero-order valence-electron chi connectivity index (χ0n) is 10.1. The smallest absolute Gasteiger partial charge is 0.236 e. The maximum Gasteiger partial charge on any atom is 0.236 e. The summed E-state index contributed by atoms with van der Waals surface area (Å²) in [4.78, 5) is 11.3. The Morgan fingerprint density at radius 2 is 1.71 bits per heavy atom. The predicted octanol–water partition coefficient (Wildman–Crippen LogP) is 1.75. The van der Waals surface area contributed by atoms with E-state index in [2.05, 4.69) is 10.6 Å². The van der Waals surface area contributed by atoms with E-state index in [1.54, 1.807) is 13.8 Å². The van der Waals surface area contributed by atoms with Crippen molar-refractivity contribution in [2.75, 3.05) is 7.05 Å². The lowest BCUT2D eigenvalue weighted by molar-refractivity contribution is -0.122. The second kappa shape index (κ2) is 5.72. The number of amides is 1. The minimum absolute atomic E-state index is 0.172. The van der Waals surface area contributed by atoms with Crippen molar-refractivity contribution in [2.45, 2.75) is 25.9 Å². The Morgan fingerprint density at radius 1 is 1.18 bits per heavy atom. The summed E-state index contributed by atoms with van der Waals surface area (Å²) in [6.07, 6.45) is 0. The van der Waals surface area contributed by atoms with Gasteiger partial charge in [0.1, 0.15) is 11.6 Å². The average Bonchev–Trinajstić information content (AvgIpc) is 2.26. The second-order valence-electron chi connectivity index (χ2n) is 3.93. The molecule has 3 nitrogen and oxygen atoms in total. The number of carbonyl (C=O) groups excluding carboxylic acids is 1. The molecule has 0 fully saturated rings. The molecule has 1 rings (SSSR count). The highest BCUT2D eigenvalue weighted by atomic mass is 19.1. The van der Waals surface area contributed by atoms with Gasteiger partial charge in [-0.3, -0.25) is 10.1 Å². The van der Waals surface area contributed by atoms with Gasteiger partial charge in [0, 0.05) is 19.2 Å². The number of hydrogen-bond acceptors (Lipinski definition) is 2. The van der Waals surface area contributed by atoms with Crippen molar-refractivity contribution in [3.05, 3.63) is 35.4 Å². The normalized spacial score (nSPS) is 14.2.